The van der Waals surface area contributed by atoms with E-state index in [1.807, 2.05) is 6.07 Å². The highest BCUT2D eigenvalue weighted by molar-refractivity contribution is 6.04. The van der Waals surface area contributed by atoms with Crippen LogP contribution in [-0.4, -0.2) is 25.0 Å². The molecule has 2 rings (SSSR count). The van der Waals surface area contributed by atoms with E-state index in [1.54, 1.807) is 56.6 Å². The van der Waals surface area contributed by atoms with Crippen molar-refractivity contribution in [1.29, 1.82) is 5.26 Å². The van der Waals surface area contributed by atoms with E-state index >= 15 is 0 Å². The Morgan fingerprint density at radius 2 is 1.95 bits per heavy atom. The lowest BCUT2D eigenvalue weighted by Crippen LogP contribution is -2.27. The maximum atomic E-state index is 12.3. The minimum Gasteiger partial charge on any atom is -0.497 e. The number of aromatic nitrogens is 1. The van der Waals surface area contributed by atoms with Crippen LogP contribution in [0.1, 0.15) is 16.2 Å². The Morgan fingerprint density at radius 3 is 2.55 bits per heavy atom. The number of carbonyl (C=O) groups is 1. The normalized spacial score (nSPS) is 9.65. The number of anilines is 1. The number of nitrogens with zero attached hydrogens (tertiary/aromatic N) is 3. The van der Waals surface area contributed by atoms with Crippen LogP contribution in [0.5, 0.6) is 5.75 Å². The first-order valence-corrected chi connectivity index (χ1v) is 5.95. The highest BCUT2D eigenvalue weighted by atomic mass is 16.5. The summed E-state index contributed by atoms with van der Waals surface area (Å²) in [6.07, 6.45) is 0. The minimum atomic E-state index is -0.271. The molecule has 20 heavy (non-hydrogen) atoms. The molecule has 0 saturated carbocycles. The molecule has 0 saturated heterocycles. The molecule has 0 spiro atoms. The number of hydrogen-bond donors (Lipinski definition) is 0. The van der Waals surface area contributed by atoms with Gasteiger partial charge in [0, 0.05) is 12.7 Å². The quantitative estimate of drug-likeness (QED) is 0.855. The van der Waals surface area contributed by atoms with Crippen molar-refractivity contribution < 1.29 is 9.53 Å². The molecule has 5 heteroatoms. The van der Waals surface area contributed by atoms with Gasteiger partial charge in [0.25, 0.3) is 5.91 Å². The van der Waals surface area contributed by atoms with E-state index in [0.29, 0.717) is 0 Å². The maximum absolute atomic E-state index is 12.3. The predicted octanol–water partition coefficient (Wildman–Crippen LogP) is 2.24. The first kappa shape index (κ1) is 13.6. The Labute approximate surface area is 117 Å². The van der Waals surface area contributed by atoms with Gasteiger partial charge in [0.2, 0.25) is 0 Å². The fourth-order valence-electron chi connectivity index (χ4n) is 1.71. The molecule has 0 aliphatic carbocycles. The van der Waals surface area contributed by atoms with Gasteiger partial charge < -0.3 is 9.64 Å². The third kappa shape index (κ3) is 2.75. The molecule has 100 valence electrons. The lowest BCUT2D eigenvalue weighted by atomic mass is 10.2. The van der Waals surface area contributed by atoms with Crippen molar-refractivity contribution >= 4 is 11.6 Å². The van der Waals surface area contributed by atoms with Crippen LogP contribution in [0.3, 0.4) is 0 Å². The first-order chi connectivity index (χ1) is 9.65. The second kappa shape index (κ2) is 5.85. The third-order valence-electron chi connectivity index (χ3n) is 2.85. The number of benzene rings is 1. The number of ether oxygens (including phenoxy) is 1. The van der Waals surface area contributed by atoms with Crippen molar-refractivity contribution in [3.05, 3.63) is 53.9 Å². The van der Waals surface area contributed by atoms with Gasteiger partial charge in [-0.15, -0.1) is 0 Å². The standard InChI is InChI=1S/C15H13N3O2/c1-18(12-6-8-13(20-2)9-7-12)15(19)14-5-3-4-11(10-16)17-14/h3-9H,1-2H3. The van der Waals surface area contributed by atoms with Gasteiger partial charge in [-0.25, -0.2) is 4.98 Å². The van der Waals surface area contributed by atoms with Gasteiger partial charge in [-0.05, 0) is 36.4 Å². The summed E-state index contributed by atoms with van der Waals surface area (Å²) in [6, 6.07) is 13.8. The molecule has 5 nitrogen and oxygen atoms in total. The minimum absolute atomic E-state index is 0.221. The second-order valence-corrected chi connectivity index (χ2v) is 4.08. The summed E-state index contributed by atoms with van der Waals surface area (Å²) in [7, 11) is 3.24. The number of methoxy groups -OCH3 is 1. The molecular weight excluding hydrogens is 254 g/mol. The van der Waals surface area contributed by atoms with Crippen molar-refractivity contribution in [2.45, 2.75) is 0 Å². The van der Waals surface area contributed by atoms with Crippen molar-refractivity contribution in [3.63, 3.8) is 0 Å². The van der Waals surface area contributed by atoms with Crippen LogP contribution in [0.15, 0.2) is 42.5 Å². The van der Waals surface area contributed by atoms with E-state index in [9.17, 15) is 4.79 Å². The van der Waals surface area contributed by atoms with Gasteiger partial charge in [0.05, 0.1) is 7.11 Å². The van der Waals surface area contributed by atoms with Crippen molar-refractivity contribution in [1.82, 2.24) is 4.98 Å². The van der Waals surface area contributed by atoms with E-state index in [1.165, 1.54) is 4.90 Å². The van der Waals surface area contributed by atoms with Crippen molar-refractivity contribution in [3.8, 4) is 11.8 Å². The smallest absolute Gasteiger partial charge is 0.276 e. The Bertz CT molecular complexity index is 660. The maximum Gasteiger partial charge on any atom is 0.276 e. The van der Waals surface area contributed by atoms with E-state index in [2.05, 4.69) is 4.98 Å². The molecule has 1 aromatic carbocycles. The average Bonchev–Trinajstić information content (AvgIpc) is 2.53. The van der Waals surface area contributed by atoms with Gasteiger partial charge in [-0.3, -0.25) is 4.79 Å². The summed E-state index contributed by atoms with van der Waals surface area (Å²) in [5.74, 6) is 0.450. The summed E-state index contributed by atoms with van der Waals surface area (Å²) in [6.45, 7) is 0. The predicted molar refractivity (Wildman–Crippen MR) is 74.7 cm³/mol. The molecule has 1 amide bonds. The molecule has 0 bridgehead atoms. The van der Waals surface area contributed by atoms with Crippen molar-refractivity contribution in [2.24, 2.45) is 0 Å². The van der Waals surface area contributed by atoms with Gasteiger partial charge in [-0.1, -0.05) is 6.07 Å². The zero-order chi connectivity index (χ0) is 14.5. The van der Waals surface area contributed by atoms with E-state index in [-0.39, 0.29) is 17.3 Å². The lowest BCUT2D eigenvalue weighted by molar-refractivity contribution is 0.0988. The molecular formula is C15H13N3O2. The topological polar surface area (TPSA) is 66.2 Å². The van der Waals surface area contributed by atoms with E-state index in [4.69, 9.17) is 10.00 Å². The molecule has 1 heterocycles. The fourth-order valence-corrected chi connectivity index (χ4v) is 1.71. The van der Waals surface area contributed by atoms with Gasteiger partial charge in [0.1, 0.15) is 23.2 Å². The summed E-state index contributed by atoms with van der Waals surface area (Å²) in [5, 5.41) is 8.81. The van der Waals surface area contributed by atoms with Crippen LogP contribution < -0.4 is 9.64 Å². The number of rotatable bonds is 3. The molecule has 0 atom stereocenters. The van der Waals surface area contributed by atoms with E-state index < -0.39 is 0 Å². The number of nitriles is 1. The molecule has 1 aromatic heterocycles. The Hall–Kier alpha value is -2.87. The van der Waals surface area contributed by atoms with E-state index in [0.717, 1.165) is 11.4 Å². The highest BCUT2D eigenvalue weighted by Crippen LogP contribution is 2.19. The largest absolute Gasteiger partial charge is 0.497 e. The van der Waals surface area contributed by atoms with Crippen LogP contribution in [0.4, 0.5) is 5.69 Å². The molecule has 0 unspecified atom stereocenters. The molecule has 2 aromatic rings. The summed E-state index contributed by atoms with van der Waals surface area (Å²) < 4.78 is 5.07. The molecule has 0 aliphatic rings. The molecule has 0 aliphatic heterocycles. The van der Waals surface area contributed by atoms with Gasteiger partial charge >= 0.3 is 0 Å². The number of carbonyl (C=O) groups excluding carboxylic acids is 1. The Morgan fingerprint density at radius 1 is 1.25 bits per heavy atom. The molecule has 0 fully saturated rings. The van der Waals surface area contributed by atoms with Crippen molar-refractivity contribution in [2.75, 3.05) is 19.1 Å². The monoisotopic (exact) mass is 267 g/mol. The molecule has 0 N–H and O–H groups in total. The van der Waals surface area contributed by atoms with Crippen LogP contribution in [0.2, 0.25) is 0 Å². The third-order valence-corrected chi connectivity index (χ3v) is 2.85. The first-order valence-electron chi connectivity index (χ1n) is 5.95. The zero-order valence-electron chi connectivity index (χ0n) is 11.2. The number of pyridine rings is 1. The highest BCUT2D eigenvalue weighted by Gasteiger charge is 2.15. The lowest BCUT2D eigenvalue weighted by Gasteiger charge is -2.17. The Kier molecular flexibility index (Phi) is 3.96. The van der Waals surface area contributed by atoms with Gasteiger partial charge in [-0.2, -0.15) is 5.26 Å². The molecule has 0 radical (unpaired) electrons. The zero-order valence-corrected chi connectivity index (χ0v) is 11.2. The number of amides is 1. The fraction of sp³-hybridized carbons (Fsp3) is 0.133. The van der Waals surface area contributed by atoms with Gasteiger partial charge in [0.15, 0.2) is 0 Å². The average molecular weight is 267 g/mol. The summed E-state index contributed by atoms with van der Waals surface area (Å²) >= 11 is 0. The second-order valence-electron chi connectivity index (χ2n) is 4.08. The van der Waals surface area contributed by atoms with Crippen LogP contribution >= 0.6 is 0 Å². The van der Waals surface area contributed by atoms with Crippen LogP contribution in [0.25, 0.3) is 0 Å². The van der Waals surface area contributed by atoms with Crippen LogP contribution in [0, 0.1) is 11.3 Å². The van der Waals surface area contributed by atoms with Crippen LogP contribution in [-0.2, 0) is 0 Å². The summed E-state index contributed by atoms with van der Waals surface area (Å²) in [4.78, 5) is 17.8. The SMILES string of the molecule is COc1ccc(N(C)C(=O)c2cccc(C#N)n2)cc1. The Balaban J connectivity index is 2.25. The number of hydrogen-bond acceptors (Lipinski definition) is 4. The summed E-state index contributed by atoms with van der Waals surface area (Å²) in [5.41, 5.74) is 1.18.